The molecule has 0 aliphatic carbocycles. The van der Waals surface area contributed by atoms with Gasteiger partial charge in [0.15, 0.2) is 11.7 Å². The summed E-state index contributed by atoms with van der Waals surface area (Å²) in [5.41, 5.74) is 0.768. The number of aryl methyl sites for hydroxylation is 1. The summed E-state index contributed by atoms with van der Waals surface area (Å²) in [6.07, 6.45) is 1.88. The van der Waals surface area contributed by atoms with Gasteiger partial charge in [-0.1, -0.05) is 12.1 Å². The molecule has 0 aliphatic rings. The van der Waals surface area contributed by atoms with Crippen molar-refractivity contribution in [3.8, 4) is 17.4 Å². The van der Waals surface area contributed by atoms with E-state index in [2.05, 4.69) is 10.3 Å². The van der Waals surface area contributed by atoms with Crippen molar-refractivity contribution in [2.45, 2.75) is 12.8 Å². The highest BCUT2D eigenvalue weighted by Crippen LogP contribution is 2.24. The average molecular weight is 341 g/mol. The third kappa shape index (κ3) is 3.50. The first-order valence-corrected chi connectivity index (χ1v) is 8.02. The lowest BCUT2D eigenvalue weighted by Gasteiger charge is -2.01. The number of nitrogens with one attached hydrogen (secondary N) is 1. The molecule has 0 atom stereocenters. The highest BCUT2D eigenvalue weighted by atomic mass is 32.1. The lowest BCUT2D eigenvalue weighted by atomic mass is 10.2. The Morgan fingerprint density at radius 1 is 1.38 bits per heavy atom. The molecule has 1 N–H and O–H groups in total. The van der Waals surface area contributed by atoms with E-state index < -0.39 is 0 Å². The molecule has 0 aliphatic heterocycles. The molecule has 7 heteroatoms. The predicted molar refractivity (Wildman–Crippen MR) is 87.9 cm³/mol. The van der Waals surface area contributed by atoms with E-state index in [4.69, 9.17) is 9.68 Å². The highest BCUT2D eigenvalue weighted by molar-refractivity contribution is 7.14. The Bertz CT molecular complexity index is 910. The summed E-state index contributed by atoms with van der Waals surface area (Å²) in [4.78, 5) is 16.0. The van der Waals surface area contributed by atoms with Crippen LogP contribution in [0.5, 0.6) is 0 Å². The number of hydrogen-bond acceptors (Lipinski definition) is 5. The molecule has 1 amide bonds. The zero-order chi connectivity index (χ0) is 16.9. The number of nitriles is 1. The van der Waals surface area contributed by atoms with E-state index in [1.807, 2.05) is 6.07 Å². The number of rotatable bonds is 5. The fraction of sp³-hybridized carbons (Fsp3) is 0.118. The Balaban J connectivity index is 1.61. The maximum atomic E-state index is 13.7. The number of nitrogens with zero attached hydrogens (tertiary/aromatic N) is 2. The van der Waals surface area contributed by atoms with Crippen molar-refractivity contribution in [3.63, 3.8) is 0 Å². The van der Waals surface area contributed by atoms with Gasteiger partial charge in [-0.25, -0.2) is 9.37 Å². The van der Waals surface area contributed by atoms with Crippen LogP contribution in [0.4, 0.5) is 9.39 Å². The van der Waals surface area contributed by atoms with Crippen molar-refractivity contribution >= 4 is 22.2 Å². The summed E-state index contributed by atoms with van der Waals surface area (Å²) in [5, 5.41) is 13.9. The van der Waals surface area contributed by atoms with E-state index in [0.29, 0.717) is 27.8 Å². The lowest BCUT2D eigenvalue weighted by Crippen LogP contribution is -2.12. The van der Waals surface area contributed by atoms with Crippen molar-refractivity contribution in [2.75, 3.05) is 5.32 Å². The van der Waals surface area contributed by atoms with E-state index in [-0.39, 0.29) is 24.6 Å². The van der Waals surface area contributed by atoms with Crippen LogP contribution in [0.2, 0.25) is 0 Å². The third-order valence-corrected chi connectivity index (χ3v) is 4.13. The van der Waals surface area contributed by atoms with E-state index in [1.54, 1.807) is 29.6 Å². The Labute approximate surface area is 141 Å². The van der Waals surface area contributed by atoms with Crippen molar-refractivity contribution in [1.82, 2.24) is 4.98 Å². The number of carbonyl (C=O) groups excluding carboxylic acids is 1. The van der Waals surface area contributed by atoms with Gasteiger partial charge in [0.1, 0.15) is 16.9 Å². The van der Waals surface area contributed by atoms with E-state index >= 15 is 0 Å². The molecule has 0 saturated heterocycles. The van der Waals surface area contributed by atoms with Crippen LogP contribution in [-0.4, -0.2) is 10.9 Å². The molecule has 0 bridgehead atoms. The summed E-state index contributed by atoms with van der Waals surface area (Å²) in [7, 11) is 0. The van der Waals surface area contributed by atoms with Crippen LogP contribution in [-0.2, 0) is 11.2 Å². The van der Waals surface area contributed by atoms with Crippen LogP contribution in [0.25, 0.3) is 11.3 Å². The van der Waals surface area contributed by atoms with Gasteiger partial charge in [0.25, 0.3) is 0 Å². The molecule has 1 aromatic carbocycles. The number of oxazole rings is 1. The molecular weight excluding hydrogens is 329 g/mol. The number of thiophene rings is 1. The zero-order valence-corrected chi connectivity index (χ0v) is 13.3. The molecule has 0 saturated carbocycles. The quantitative estimate of drug-likeness (QED) is 0.761. The Kier molecular flexibility index (Phi) is 4.68. The molecule has 0 fully saturated rings. The van der Waals surface area contributed by atoms with Gasteiger partial charge in [0.2, 0.25) is 5.91 Å². The molecule has 24 heavy (non-hydrogen) atoms. The summed E-state index contributed by atoms with van der Waals surface area (Å²) < 4.78 is 19.2. The van der Waals surface area contributed by atoms with Gasteiger partial charge in [-0.05, 0) is 23.6 Å². The van der Waals surface area contributed by atoms with Crippen LogP contribution in [0, 0.1) is 17.1 Å². The first-order chi connectivity index (χ1) is 11.7. The smallest absolute Gasteiger partial charge is 0.225 e. The number of aromatic nitrogens is 1. The van der Waals surface area contributed by atoms with Crippen LogP contribution in [0.15, 0.2) is 46.3 Å². The highest BCUT2D eigenvalue weighted by Gasteiger charge is 2.13. The largest absolute Gasteiger partial charge is 0.441 e. The standard InChI is InChI=1S/C17H12FN3O2S/c18-13-4-2-1-3-12(13)14-10-20-16(23-14)6-5-15(22)21-17-11(9-19)7-8-24-17/h1-4,7-8,10H,5-6H2,(H,21,22). The van der Waals surface area contributed by atoms with E-state index in [1.165, 1.54) is 23.6 Å². The van der Waals surface area contributed by atoms with Crippen molar-refractivity contribution in [2.24, 2.45) is 0 Å². The minimum atomic E-state index is -0.389. The fourth-order valence-corrected chi connectivity index (χ4v) is 2.87. The second-order valence-corrected chi connectivity index (χ2v) is 5.84. The van der Waals surface area contributed by atoms with Gasteiger partial charge in [-0.15, -0.1) is 11.3 Å². The first kappa shape index (κ1) is 15.9. The average Bonchev–Trinajstić information content (AvgIpc) is 3.22. The maximum absolute atomic E-state index is 13.7. The van der Waals surface area contributed by atoms with Crippen molar-refractivity contribution in [3.05, 3.63) is 59.2 Å². The molecule has 120 valence electrons. The van der Waals surface area contributed by atoms with E-state index in [0.717, 1.165) is 0 Å². The lowest BCUT2D eigenvalue weighted by molar-refractivity contribution is -0.116. The molecular formula is C17H12FN3O2S. The number of amides is 1. The second-order valence-electron chi connectivity index (χ2n) is 4.92. The minimum absolute atomic E-state index is 0.153. The van der Waals surface area contributed by atoms with Crippen molar-refractivity contribution in [1.29, 1.82) is 5.26 Å². The molecule has 0 unspecified atom stereocenters. The van der Waals surface area contributed by atoms with Crippen LogP contribution >= 0.6 is 11.3 Å². The number of halogens is 1. The molecule has 3 rings (SSSR count). The van der Waals surface area contributed by atoms with Gasteiger partial charge >= 0.3 is 0 Å². The monoisotopic (exact) mass is 341 g/mol. The summed E-state index contributed by atoms with van der Waals surface area (Å²) in [6, 6.07) is 9.92. The van der Waals surface area contributed by atoms with Gasteiger partial charge in [0.05, 0.1) is 17.3 Å². The number of benzene rings is 1. The fourth-order valence-electron chi connectivity index (χ4n) is 2.12. The van der Waals surface area contributed by atoms with Gasteiger partial charge in [0, 0.05) is 12.8 Å². The molecule has 0 spiro atoms. The minimum Gasteiger partial charge on any atom is -0.441 e. The molecule has 3 aromatic rings. The van der Waals surface area contributed by atoms with Gasteiger partial charge in [-0.2, -0.15) is 5.26 Å². The number of anilines is 1. The topological polar surface area (TPSA) is 78.9 Å². The van der Waals surface area contributed by atoms with Crippen LogP contribution < -0.4 is 5.32 Å². The molecule has 0 radical (unpaired) electrons. The Morgan fingerprint density at radius 2 is 2.21 bits per heavy atom. The third-order valence-electron chi connectivity index (χ3n) is 3.30. The summed E-state index contributed by atoms with van der Waals surface area (Å²) in [5.74, 6) is 0.0582. The summed E-state index contributed by atoms with van der Waals surface area (Å²) >= 11 is 1.29. The molecule has 5 nitrogen and oxygen atoms in total. The summed E-state index contributed by atoms with van der Waals surface area (Å²) in [6.45, 7) is 0. The zero-order valence-electron chi connectivity index (χ0n) is 12.5. The predicted octanol–water partition coefficient (Wildman–Crippen LogP) is 3.99. The first-order valence-electron chi connectivity index (χ1n) is 7.14. The van der Waals surface area contributed by atoms with E-state index in [9.17, 15) is 9.18 Å². The maximum Gasteiger partial charge on any atom is 0.225 e. The SMILES string of the molecule is N#Cc1ccsc1NC(=O)CCc1ncc(-c2ccccc2F)o1. The van der Waals surface area contributed by atoms with Crippen molar-refractivity contribution < 1.29 is 13.6 Å². The Morgan fingerprint density at radius 3 is 3.00 bits per heavy atom. The molecule has 2 aromatic heterocycles. The van der Waals surface area contributed by atoms with Gasteiger partial charge < -0.3 is 9.73 Å². The normalized spacial score (nSPS) is 10.3. The van der Waals surface area contributed by atoms with Gasteiger partial charge in [-0.3, -0.25) is 4.79 Å². The van der Waals surface area contributed by atoms with Crippen LogP contribution in [0.1, 0.15) is 17.9 Å². The second kappa shape index (κ2) is 7.06. The molecule has 2 heterocycles. The Hall–Kier alpha value is -2.98. The number of carbonyl (C=O) groups is 1. The van der Waals surface area contributed by atoms with Crippen LogP contribution in [0.3, 0.4) is 0 Å². The number of hydrogen-bond donors (Lipinski definition) is 1.